The number of aliphatic imine (C=N–C) groups is 1. The summed E-state index contributed by atoms with van der Waals surface area (Å²) >= 11 is 0. The Morgan fingerprint density at radius 1 is 1.24 bits per heavy atom. The van der Waals surface area contributed by atoms with Gasteiger partial charge in [-0.15, -0.1) is 24.0 Å². The zero-order chi connectivity index (χ0) is 12.2. The minimum atomic E-state index is 0. The number of halogens is 1. The van der Waals surface area contributed by atoms with Crippen molar-refractivity contribution in [2.24, 2.45) is 10.7 Å². The molecule has 0 spiro atoms. The van der Waals surface area contributed by atoms with Crippen molar-refractivity contribution in [2.45, 2.75) is 32.7 Å². The van der Waals surface area contributed by atoms with E-state index in [0.29, 0.717) is 25.2 Å². The Bertz CT molecular complexity index is 190. The molecule has 0 aromatic carbocycles. The Labute approximate surface area is 122 Å². The second-order valence-corrected chi connectivity index (χ2v) is 3.88. The van der Waals surface area contributed by atoms with Crippen molar-refractivity contribution in [1.82, 2.24) is 5.32 Å². The quantitative estimate of drug-likeness (QED) is 0.282. The van der Waals surface area contributed by atoms with Gasteiger partial charge in [0.15, 0.2) is 5.96 Å². The maximum atomic E-state index is 5.65. The van der Waals surface area contributed by atoms with Crippen LogP contribution in [0.4, 0.5) is 0 Å². The standard InChI is InChI=1S/C11H25N3O2.HI/c1-10(2)14-11(12)13-6-4-5-7-16-9-8-15-3;/h10H,4-9H2,1-3H3,(H3,12,13,14);1H. The molecule has 3 N–H and O–H groups in total. The third-order valence-electron chi connectivity index (χ3n) is 1.85. The summed E-state index contributed by atoms with van der Waals surface area (Å²) in [6.45, 7) is 6.90. The molecule has 0 bridgehead atoms. The molecule has 17 heavy (non-hydrogen) atoms. The number of nitrogens with one attached hydrogen (secondary N) is 1. The molecule has 0 unspecified atom stereocenters. The van der Waals surface area contributed by atoms with Crippen molar-refractivity contribution in [3.05, 3.63) is 0 Å². The zero-order valence-corrected chi connectivity index (χ0v) is 13.4. The lowest BCUT2D eigenvalue weighted by Crippen LogP contribution is -2.36. The first-order chi connectivity index (χ1) is 7.66. The van der Waals surface area contributed by atoms with Crippen molar-refractivity contribution in [2.75, 3.05) is 33.5 Å². The molecule has 0 heterocycles. The molecule has 0 amide bonds. The number of guanidine groups is 1. The van der Waals surface area contributed by atoms with Crippen molar-refractivity contribution in [3.8, 4) is 0 Å². The predicted molar refractivity (Wildman–Crippen MR) is 82.1 cm³/mol. The highest BCUT2D eigenvalue weighted by molar-refractivity contribution is 14.0. The van der Waals surface area contributed by atoms with Crippen molar-refractivity contribution in [3.63, 3.8) is 0 Å². The number of hydrogen-bond acceptors (Lipinski definition) is 3. The van der Waals surface area contributed by atoms with Crippen LogP contribution in [0.3, 0.4) is 0 Å². The van der Waals surface area contributed by atoms with E-state index in [1.807, 2.05) is 13.8 Å². The number of unbranched alkanes of at least 4 members (excludes halogenated alkanes) is 1. The van der Waals surface area contributed by atoms with Crippen LogP contribution in [0.25, 0.3) is 0 Å². The predicted octanol–water partition coefficient (Wildman–Crippen LogP) is 1.36. The molecule has 6 heteroatoms. The normalized spacial score (nSPS) is 11.4. The first-order valence-electron chi connectivity index (χ1n) is 5.80. The molecule has 0 aromatic rings. The van der Waals surface area contributed by atoms with E-state index in [9.17, 15) is 0 Å². The molecule has 5 nitrogen and oxygen atoms in total. The van der Waals surface area contributed by atoms with E-state index in [1.54, 1.807) is 7.11 Å². The van der Waals surface area contributed by atoms with E-state index < -0.39 is 0 Å². The highest BCUT2D eigenvalue weighted by Gasteiger charge is 1.94. The molecule has 0 aromatic heterocycles. The average Bonchev–Trinajstić information content (AvgIpc) is 2.21. The molecule has 0 fully saturated rings. The van der Waals surface area contributed by atoms with Gasteiger partial charge in [0.2, 0.25) is 0 Å². The SMILES string of the molecule is COCCOCCCCN=C(N)NC(C)C.I. The van der Waals surface area contributed by atoms with Gasteiger partial charge in [-0.3, -0.25) is 4.99 Å². The Balaban J connectivity index is 0. The Morgan fingerprint density at radius 3 is 2.53 bits per heavy atom. The lowest BCUT2D eigenvalue weighted by atomic mass is 10.3. The lowest BCUT2D eigenvalue weighted by Gasteiger charge is -2.08. The molecule has 0 radical (unpaired) electrons. The van der Waals surface area contributed by atoms with Crippen LogP contribution in [-0.2, 0) is 9.47 Å². The second kappa shape index (κ2) is 14.0. The van der Waals surface area contributed by atoms with Gasteiger partial charge in [-0.05, 0) is 26.7 Å². The number of rotatable bonds is 9. The van der Waals surface area contributed by atoms with Gasteiger partial charge in [0.25, 0.3) is 0 Å². The molecule has 104 valence electrons. The van der Waals surface area contributed by atoms with Gasteiger partial charge in [-0.2, -0.15) is 0 Å². The number of methoxy groups -OCH3 is 1. The number of nitrogens with two attached hydrogens (primary N) is 1. The van der Waals surface area contributed by atoms with Crippen LogP contribution in [0, 0.1) is 0 Å². The number of hydrogen-bond donors (Lipinski definition) is 2. The van der Waals surface area contributed by atoms with Crippen molar-refractivity contribution in [1.29, 1.82) is 0 Å². The Morgan fingerprint density at radius 2 is 1.94 bits per heavy atom. The third kappa shape index (κ3) is 15.9. The average molecular weight is 359 g/mol. The van der Waals surface area contributed by atoms with Crippen LogP contribution in [0.1, 0.15) is 26.7 Å². The first kappa shape index (κ1) is 19.3. The van der Waals surface area contributed by atoms with Crippen LogP contribution in [0.2, 0.25) is 0 Å². The van der Waals surface area contributed by atoms with Gasteiger partial charge >= 0.3 is 0 Å². The van der Waals surface area contributed by atoms with Crippen LogP contribution in [-0.4, -0.2) is 45.5 Å². The van der Waals surface area contributed by atoms with Crippen LogP contribution >= 0.6 is 24.0 Å². The van der Waals surface area contributed by atoms with E-state index in [0.717, 1.165) is 26.0 Å². The Hall–Kier alpha value is -0.0800. The minimum Gasteiger partial charge on any atom is -0.382 e. The molecule has 0 aliphatic heterocycles. The largest absolute Gasteiger partial charge is 0.382 e. The highest BCUT2D eigenvalue weighted by Crippen LogP contribution is 1.91. The summed E-state index contributed by atoms with van der Waals surface area (Å²) in [5, 5.41) is 3.04. The summed E-state index contributed by atoms with van der Waals surface area (Å²) in [6, 6.07) is 0.334. The lowest BCUT2D eigenvalue weighted by molar-refractivity contribution is 0.0690. The fourth-order valence-corrected chi connectivity index (χ4v) is 1.10. The number of nitrogens with zero attached hydrogens (tertiary/aromatic N) is 1. The van der Waals surface area contributed by atoms with Crippen LogP contribution < -0.4 is 11.1 Å². The highest BCUT2D eigenvalue weighted by atomic mass is 127. The summed E-state index contributed by atoms with van der Waals surface area (Å²) in [7, 11) is 1.67. The summed E-state index contributed by atoms with van der Waals surface area (Å²) in [5.41, 5.74) is 5.65. The van der Waals surface area contributed by atoms with E-state index >= 15 is 0 Å². The van der Waals surface area contributed by atoms with Gasteiger partial charge < -0.3 is 20.5 Å². The summed E-state index contributed by atoms with van der Waals surface area (Å²) < 4.78 is 10.2. The molecular weight excluding hydrogens is 333 g/mol. The van der Waals surface area contributed by atoms with E-state index in [-0.39, 0.29) is 24.0 Å². The molecule has 0 rings (SSSR count). The summed E-state index contributed by atoms with van der Waals surface area (Å²) in [5.74, 6) is 0.523. The monoisotopic (exact) mass is 359 g/mol. The fourth-order valence-electron chi connectivity index (χ4n) is 1.10. The van der Waals surface area contributed by atoms with Gasteiger partial charge in [-0.25, -0.2) is 0 Å². The third-order valence-corrected chi connectivity index (χ3v) is 1.85. The van der Waals surface area contributed by atoms with Crippen molar-refractivity contribution < 1.29 is 9.47 Å². The van der Waals surface area contributed by atoms with Gasteiger partial charge in [0, 0.05) is 26.3 Å². The fraction of sp³-hybridized carbons (Fsp3) is 0.909. The number of ether oxygens (including phenoxy) is 2. The maximum Gasteiger partial charge on any atom is 0.188 e. The van der Waals surface area contributed by atoms with Gasteiger partial charge in [0.1, 0.15) is 0 Å². The molecule has 0 atom stereocenters. The first-order valence-corrected chi connectivity index (χ1v) is 5.80. The van der Waals surface area contributed by atoms with E-state index in [2.05, 4.69) is 10.3 Å². The molecular formula is C11H26IN3O2. The van der Waals surface area contributed by atoms with E-state index in [1.165, 1.54) is 0 Å². The van der Waals surface area contributed by atoms with E-state index in [4.69, 9.17) is 15.2 Å². The molecule has 0 aliphatic rings. The second-order valence-electron chi connectivity index (χ2n) is 3.88. The topological polar surface area (TPSA) is 68.9 Å². The summed E-state index contributed by atoms with van der Waals surface area (Å²) in [6.07, 6.45) is 2.00. The molecule has 0 saturated heterocycles. The smallest absolute Gasteiger partial charge is 0.188 e. The van der Waals surface area contributed by atoms with Gasteiger partial charge in [0.05, 0.1) is 13.2 Å². The van der Waals surface area contributed by atoms with Crippen molar-refractivity contribution >= 4 is 29.9 Å². The maximum absolute atomic E-state index is 5.65. The molecule has 0 saturated carbocycles. The van der Waals surface area contributed by atoms with Gasteiger partial charge in [-0.1, -0.05) is 0 Å². The van der Waals surface area contributed by atoms with Crippen LogP contribution in [0.5, 0.6) is 0 Å². The molecule has 0 aliphatic carbocycles. The summed E-state index contributed by atoms with van der Waals surface area (Å²) in [4.78, 5) is 4.20. The van der Waals surface area contributed by atoms with Crippen LogP contribution in [0.15, 0.2) is 4.99 Å². The zero-order valence-electron chi connectivity index (χ0n) is 11.1. The Kier molecular flexibility index (Phi) is 15.8. The minimum absolute atomic E-state index is 0.